The van der Waals surface area contributed by atoms with E-state index >= 15 is 0 Å². The lowest BCUT2D eigenvalue weighted by Crippen LogP contribution is -2.23. The summed E-state index contributed by atoms with van der Waals surface area (Å²) in [5.41, 5.74) is 1.39. The van der Waals surface area contributed by atoms with Crippen molar-refractivity contribution in [3.8, 4) is 0 Å². The van der Waals surface area contributed by atoms with Crippen LogP contribution in [0.3, 0.4) is 0 Å². The van der Waals surface area contributed by atoms with Crippen LogP contribution in [0.2, 0.25) is 0 Å². The van der Waals surface area contributed by atoms with Gasteiger partial charge in [0, 0.05) is 18.6 Å². The fraction of sp³-hybridized carbons (Fsp3) is 0.364. The molecule has 1 heterocycles. The van der Waals surface area contributed by atoms with Crippen molar-refractivity contribution in [3.05, 3.63) is 35.9 Å². The van der Waals surface area contributed by atoms with Crippen molar-refractivity contribution >= 4 is 28.7 Å². The van der Waals surface area contributed by atoms with Gasteiger partial charge < -0.3 is 5.32 Å². The zero-order valence-corrected chi connectivity index (χ0v) is 10.3. The first-order chi connectivity index (χ1) is 7.38. The molecule has 0 bridgehead atoms. The third-order valence-corrected chi connectivity index (χ3v) is 4.62. The minimum Gasteiger partial charge on any atom is -0.352 e. The average Bonchev–Trinajstić information content (AvgIpc) is 2.76. The molecule has 0 aliphatic carbocycles. The molecule has 80 valence electrons. The summed E-state index contributed by atoms with van der Waals surface area (Å²) >= 11 is 3.75. The molecule has 1 unspecified atom stereocenters. The number of nitrogens with one attached hydrogen (secondary N) is 1. The van der Waals surface area contributed by atoms with E-state index in [1.54, 1.807) is 11.8 Å². The molecule has 1 N–H and O–H groups in total. The zero-order valence-electron chi connectivity index (χ0n) is 8.64. The number of hydrogen-bond donors (Lipinski definition) is 1. The van der Waals surface area contributed by atoms with Crippen molar-refractivity contribution in [1.82, 2.24) is 5.32 Å². The summed E-state index contributed by atoms with van der Waals surface area (Å²) < 4.78 is 0. The first-order valence-corrected chi connectivity index (χ1v) is 6.93. The van der Waals surface area contributed by atoms with Gasteiger partial charge in [0.25, 0.3) is 0 Å². The van der Waals surface area contributed by atoms with Gasteiger partial charge in [-0.2, -0.15) is 0 Å². The van der Waals surface area contributed by atoms with Crippen LogP contribution in [0.4, 0.5) is 0 Å². The molecule has 1 aliphatic rings. The highest BCUT2D eigenvalue weighted by molar-refractivity contribution is 8.15. The molecule has 0 aromatic heterocycles. The van der Waals surface area contributed by atoms with E-state index in [0.717, 1.165) is 16.7 Å². The van der Waals surface area contributed by atoms with Crippen LogP contribution in [0.15, 0.2) is 35.3 Å². The summed E-state index contributed by atoms with van der Waals surface area (Å²) in [6.07, 6.45) is 0. The number of thioether (sulfide) groups is 2. The van der Waals surface area contributed by atoms with Gasteiger partial charge in [-0.05, 0) is 5.56 Å². The maximum Gasteiger partial charge on any atom is 0.157 e. The maximum atomic E-state index is 4.15. The van der Waals surface area contributed by atoms with E-state index in [2.05, 4.69) is 40.6 Å². The summed E-state index contributed by atoms with van der Waals surface area (Å²) in [5.74, 6) is 2.18. The van der Waals surface area contributed by atoms with E-state index in [1.165, 1.54) is 5.56 Å². The van der Waals surface area contributed by atoms with Crippen LogP contribution >= 0.6 is 23.5 Å². The highest BCUT2D eigenvalue weighted by Gasteiger charge is 2.19. The molecule has 1 fully saturated rings. The van der Waals surface area contributed by atoms with Crippen molar-refractivity contribution in [3.63, 3.8) is 0 Å². The Kier molecular flexibility index (Phi) is 3.97. The van der Waals surface area contributed by atoms with Crippen LogP contribution in [0.25, 0.3) is 0 Å². The van der Waals surface area contributed by atoms with E-state index in [4.69, 9.17) is 0 Å². The number of rotatable bonds is 3. The minimum absolute atomic E-state index is 0.508. The fourth-order valence-electron chi connectivity index (χ4n) is 1.37. The Bertz CT molecular complexity index is 338. The lowest BCUT2D eigenvalue weighted by molar-refractivity contribution is 0.941. The Labute approximate surface area is 98.9 Å². The number of aliphatic imine (C=N–C) groups is 1. The molecule has 1 aliphatic heterocycles. The third kappa shape index (κ3) is 3.18. The van der Waals surface area contributed by atoms with Crippen molar-refractivity contribution < 1.29 is 0 Å². The molecule has 0 amide bonds. The Morgan fingerprint density at radius 2 is 2.27 bits per heavy atom. The molecule has 0 spiro atoms. The normalized spacial score (nSPS) is 23.0. The van der Waals surface area contributed by atoms with Gasteiger partial charge in [-0.1, -0.05) is 42.1 Å². The summed E-state index contributed by atoms with van der Waals surface area (Å²) in [6, 6.07) is 10.6. The molecule has 4 heteroatoms. The topological polar surface area (TPSA) is 24.4 Å². The monoisotopic (exact) mass is 238 g/mol. The van der Waals surface area contributed by atoms with Crippen LogP contribution in [0, 0.1) is 0 Å². The lowest BCUT2D eigenvalue weighted by atomic mass is 10.2. The van der Waals surface area contributed by atoms with Gasteiger partial charge >= 0.3 is 0 Å². The second-order valence-corrected chi connectivity index (χ2v) is 5.47. The molecule has 1 aromatic rings. The molecule has 2 rings (SSSR count). The van der Waals surface area contributed by atoms with Gasteiger partial charge in [-0.3, -0.25) is 4.99 Å². The number of benzene rings is 1. The van der Waals surface area contributed by atoms with Crippen molar-refractivity contribution in [2.75, 3.05) is 12.8 Å². The minimum atomic E-state index is 0.508. The predicted molar refractivity (Wildman–Crippen MR) is 70.5 cm³/mol. The van der Waals surface area contributed by atoms with E-state index in [1.807, 2.05) is 18.8 Å². The maximum absolute atomic E-state index is 4.15. The molecule has 15 heavy (non-hydrogen) atoms. The smallest absolute Gasteiger partial charge is 0.157 e. The molecule has 1 atom stereocenters. The Balaban J connectivity index is 1.80. The van der Waals surface area contributed by atoms with Crippen molar-refractivity contribution in [2.45, 2.75) is 11.1 Å². The summed E-state index contributed by atoms with van der Waals surface area (Å²) in [5, 5.41) is 4.96. The van der Waals surface area contributed by atoms with Gasteiger partial charge in [0.15, 0.2) is 5.17 Å². The zero-order chi connectivity index (χ0) is 10.5. The molecule has 0 radical (unpaired) electrons. The second-order valence-electron chi connectivity index (χ2n) is 3.27. The van der Waals surface area contributed by atoms with Crippen LogP contribution in [0.1, 0.15) is 5.56 Å². The van der Waals surface area contributed by atoms with Crippen LogP contribution in [-0.4, -0.2) is 23.3 Å². The highest BCUT2D eigenvalue weighted by Crippen LogP contribution is 2.24. The molecule has 2 nitrogen and oxygen atoms in total. The molecule has 0 saturated carbocycles. The van der Waals surface area contributed by atoms with Gasteiger partial charge in [0.2, 0.25) is 0 Å². The van der Waals surface area contributed by atoms with Gasteiger partial charge in [-0.15, -0.1) is 11.8 Å². The van der Waals surface area contributed by atoms with E-state index in [9.17, 15) is 0 Å². The standard InChI is InChI=1S/C11H14N2S2/c1-12-11-13-10(8-15-11)14-7-9-5-3-2-4-6-9/h2-6,10H,7-8H2,1H3,(H,12,13). The third-order valence-electron chi connectivity index (χ3n) is 2.15. The number of hydrogen-bond acceptors (Lipinski definition) is 3. The number of nitrogens with zero attached hydrogens (tertiary/aromatic N) is 1. The van der Waals surface area contributed by atoms with Crippen molar-refractivity contribution in [2.24, 2.45) is 4.99 Å². The lowest BCUT2D eigenvalue weighted by Gasteiger charge is -2.08. The summed E-state index contributed by atoms with van der Waals surface area (Å²) in [7, 11) is 1.83. The van der Waals surface area contributed by atoms with Gasteiger partial charge in [0.05, 0.1) is 5.37 Å². The van der Waals surface area contributed by atoms with Gasteiger partial charge in [0.1, 0.15) is 0 Å². The van der Waals surface area contributed by atoms with Crippen LogP contribution in [0.5, 0.6) is 0 Å². The molecule has 1 aromatic carbocycles. The Hall–Kier alpha value is -0.610. The second kappa shape index (κ2) is 5.47. The first kappa shape index (κ1) is 10.9. The SMILES string of the molecule is CN=C1NC(SCc2ccccc2)CS1. The first-order valence-electron chi connectivity index (χ1n) is 4.90. The molecule has 1 saturated heterocycles. The number of amidine groups is 1. The van der Waals surface area contributed by atoms with E-state index in [0.29, 0.717) is 5.37 Å². The summed E-state index contributed by atoms with van der Waals surface area (Å²) in [4.78, 5) is 4.15. The van der Waals surface area contributed by atoms with Gasteiger partial charge in [-0.25, -0.2) is 0 Å². The average molecular weight is 238 g/mol. The summed E-state index contributed by atoms with van der Waals surface area (Å²) in [6.45, 7) is 0. The van der Waals surface area contributed by atoms with Crippen LogP contribution in [-0.2, 0) is 5.75 Å². The molecular weight excluding hydrogens is 224 g/mol. The largest absolute Gasteiger partial charge is 0.352 e. The van der Waals surface area contributed by atoms with E-state index < -0.39 is 0 Å². The highest BCUT2D eigenvalue weighted by atomic mass is 32.2. The predicted octanol–water partition coefficient (Wildman–Crippen LogP) is 2.57. The Morgan fingerprint density at radius 1 is 1.47 bits per heavy atom. The quantitative estimate of drug-likeness (QED) is 0.876. The van der Waals surface area contributed by atoms with Crippen molar-refractivity contribution in [1.29, 1.82) is 0 Å². The van der Waals surface area contributed by atoms with Crippen LogP contribution < -0.4 is 5.32 Å². The van der Waals surface area contributed by atoms with E-state index in [-0.39, 0.29) is 0 Å². The fourth-order valence-corrected chi connectivity index (χ4v) is 3.56. The molecular formula is C11H14N2S2. The Morgan fingerprint density at radius 3 is 2.93 bits per heavy atom.